The second kappa shape index (κ2) is 9.26. The third kappa shape index (κ3) is 4.44. The molecule has 0 fully saturated rings. The number of carboxylic acid groups (broad SMARTS) is 1. The van der Waals surface area contributed by atoms with Crippen LogP contribution in [0.25, 0.3) is 22.4 Å². The van der Waals surface area contributed by atoms with Crippen LogP contribution < -0.4 is 9.47 Å². The Labute approximate surface area is 164 Å². The third-order valence-corrected chi connectivity index (χ3v) is 4.63. The number of hydrogen-bond acceptors (Lipinski definition) is 4. The number of methoxy groups -OCH3 is 1. The van der Waals surface area contributed by atoms with E-state index in [0.29, 0.717) is 23.9 Å². The summed E-state index contributed by atoms with van der Waals surface area (Å²) in [5.74, 6) is 0.984. The summed E-state index contributed by atoms with van der Waals surface area (Å²) < 4.78 is 13.1. The van der Waals surface area contributed by atoms with Crippen molar-refractivity contribution in [2.75, 3.05) is 13.7 Å². The van der Waals surface area contributed by atoms with E-state index in [0.717, 1.165) is 29.4 Å². The molecule has 0 saturated carbocycles. The van der Waals surface area contributed by atoms with Crippen LogP contribution in [0.1, 0.15) is 32.6 Å². The smallest absolute Gasteiger partial charge is 0.323 e. The number of rotatable bonds is 10. The van der Waals surface area contributed by atoms with E-state index in [1.54, 1.807) is 11.7 Å². The molecule has 0 unspecified atom stereocenters. The topological polar surface area (TPSA) is 73.6 Å². The summed E-state index contributed by atoms with van der Waals surface area (Å²) in [5, 5.41) is 9.35. The van der Waals surface area contributed by atoms with Crippen molar-refractivity contribution in [2.45, 2.75) is 39.2 Å². The lowest BCUT2D eigenvalue weighted by Gasteiger charge is -2.13. The molecular formula is C22H26N2O4. The molecule has 0 spiro atoms. The van der Waals surface area contributed by atoms with Gasteiger partial charge in [0.25, 0.3) is 0 Å². The Hall–Kier alpha value is -3.02. The SMILES string of the molecule is CCCCCCOc1cc(-c2nc3ccccc3n2CC(=O)O)ccc1OC. The standard InChI is InChI=1S/C22H26N2O4/c1-3-4-5-8-13-28-20-14-16(11-12-19(20)27-2)22-23-17-9-6-7-10-18(17)24(22)15-21(25)26/h6-7,9-12,14H,3-5,8,13,15H2,1-2H3,(H,25,26). The molecule has 0 amide bonds. The monoisotopic (exact) mass is 382 g/mol. The van der Waals surface area contributed by atoms with Gasteiger partial charge in [-0.25, -0.2) is 4.98 Å². The van der Waals surface area contributed by atoms with Crippen LogP contribution in [0.15, 0.2) is 42.5 Å². The van der Waals surface area contributed by atoms with Gasteiger partial charge in [-0.1, -0.05) is 38.3 Å². The Morgan fingerprint density at radius 2 is 1.93 bits per heavy atom. The van der Waals surface area contributed by atoms with Gasteiger partial charge >= 0.3 is 5.97 Å². The van der Waals surface area contributed by atoms with Crippen LogP contribution in [0.5, 0.6) is 11.5 Å². The second-order valence-corrected chi connectivity index (χ2v) is 6.68. The molecule has 0 aliphatic carbocycles. The third-order valence-electron chi connectivity index (χ3n) is 4.63. The number of nitrogens with zero attached hydrogens (tertiary/aromatic N) is 2. The molecular weight excluding hydrogens is 356 g/mol. The number of carboxylic acids is 1. The fourth-order valence-electron chi connectivity index (χ4n) is 3.23. The van der Waals surface area contributed by atoms with Gasteiger partial charge in [0, 0.05) is 5.56 Å². The van der Waals surface area contributed by atoms with E-state index in [-0.39, 0.29) is 6.54 Å². The first-order chi connectivity index (χ1) is 13.6. The summed E-state index contributed by atoms with van der Waals surface area (Å²) in [6.07, 6.45) is 4.49. The predicted molar refractivity (Wildman–Crippen MR) is 109 cm³/mol. The molecule has 1 heterocycles. The maximum atomic E-state index is 11.4. The minimum atomic E-state index is -0.912. The van der Waals surface area contributed by atoms with Gasteiger partial charge in [-0.3, -0.25) is 4.79 Å². The van der Waals surface area contributed by atoms with E-state index >= 15 is 0 Å². The highest BCUT2D eigenvalue weighted by molar-refractivity contribution is 5.83. The highest BCUT2D eigenvalue weighted by Crippen LogP contribution is 2.33. The van der Waals surface area contributed by atoms with Gasteiger partial charge in [0.1, 0.15) is 12.4 Å². The largest absolute Gasteiger partial charge is 0.493 e. The number of benzene rings is 2. The summed E-state index contributed by atoms with van der Waals surface area (Å²) in [7, 11) is 1.61. The van der Waals surface area contributed by atoms with Crippen molar-refractivity contribution in [3.63, 3.8) is 0 Å². The highest BCUT2D eigenvalue weighted by atomic mass is 16.5. The van der Waals surface area contributed by atoms with Crippen molar-refractivity contribution in [1.29, 1.82) is 0 Å². The quantitative estimate of drug-likeness (QED) is 0.512. The first kappa shape index (κ1) is 19.7. The molecule has 2 aromatic carbocycles. The Morgan fingerprint density at radius 3 is 2.68 bits per heavy atom. The number of aliphatic carboxylic acids is 1. The van der Waals surface area contributed by atoms with E-state index in [1.807, 2.05) is 42.5 Å². The Kier molecular flexibility index (Phi) is 6.53. The van der Waals surface area contributed by atoms with Gasteiger partial charge in [-0.15, -0.1) is 0 Å². The average Bonchev–Trinajstić information content (AvgIpc) is 3.05. The Bertz CT molecular complexity index is 949. The van der Waals surface area contributed by atoms with Gasteiger partial charge in [0.2, 0.25) is 0 Å². The molecule has 0 aliphatic heterocycles. The molecule has 3 aromatic rings. The number of para-hydroxylation sites is 2. The number of carbonyl (C=O) groups is 1. The van der Waals surface area contributed by atoms with Crippen LogP contribution in [0.2, 0.25) is 0 Å². The van der Waals surface area contributed by atoms with E-state index in [2.05, 4.69) is 11.9 Å². The van der Waals surface area contributed by atoms with Gasteiger partial charge < -0.3 is 19.1 Å². The van der Waals surface area contributed by atoms with E-state index < -0.39 is 5.97 Å². The first-order valence-corrected chi connectivity index (χ1v) is 9.62. The first-order valence-electron chi connectivity index (χ1n) is 9.62. The number of aromatic nitrogens is 2. The molecule has 6 heteroatoms. The van der Waals surface area contributed by atoms with Crippen molar-refractivity contribution < 1.29 is 19.4 Å². The van der Waals surface area contributed by atoms with Crippen LogP contribution in [0.4, 0.5) is 0 Å². The Morgan fingerprint density at radius 1 is 1.11 bits per heavy atom. The van der Waals surface area contributed by atoms with Crippen LogP contribution in [0.3, 0.4) is 0 Å². The summed E-state index contributed by atoms with van der Waals surface area (Å²) in [6.45, 7) is 2.64. The maximum Gasteiger partial charge on any atom is 0.323 e. The van der Waals surface area contributed by atoms with E-state index in [4.69, 9.17) is 9.47 Å². The number of imidazole rings is 1. The lowest BCUT2D eigenvalue weighted by atomic mass is 10.2. The lowest BCUT2D eigenvalue weighted by molar-refractivity contribution is -0.137. The molecule has 1 aromatic heterocycles. The van der Waals surface area contributed by atoms with Gasteiger partial charge in [-0.05, 0) is 36.8 Å². The Balaban J connectivity index is 1.94. The molecule has 3 rings (SSSR count). The van der Waals surface area contributed by atoms with Crippen molar-refractivity contribution in [3.05, 3.63) is 42.5 Å². The molecule has 1 N–H and O–H groups in total. The van der Waals surface area contributed by atoms with Crippen LogP contribution in [0, 0.1) is 0 Å². The van der Waals surface area contributed by atoms with Gasteiger partial charge in [0.05, 0.1) is 24.8 Å². The van der Waals surface area contributed by atoms with Crippen LogP contribution in [-0.2, 0) is 11.3 Å². The molecule has 6 nitrogen and oxygen atoms in total. The van der Waals surface area contributed by atoms with E-state index in [1.165, 1.54) is 12.8 Å². The summed E-state index contributed by atoms with van der Waals surface area (Å²) in [5.41, 5.74) is 2.34. The average molecular weight is 382 g/mol. The fourth-order valence-corrected chi connectivity index (χ4v) is 3.23. The predicted octanol–water partition coefficient (Wildman–Crippen LogP) is 4.76. The molecule has 0 saturated heterocycles. The molecule has 28 heavy (non-hydrogen) atoms. The van der Waals surface area contributed by atoms with Gasteiger partial charge in [0.15, 0.2) is 11.5 Å². The molecule has 0 radical (unpaired) electrons. The number of fused-ring (bicyclic) bond motifs is 1. The van der Waals surface area contributed by atoms with Crippen LogP contribution >= 0.6 is 0 Å². The lowest BCUT2D eigenvalue weighted by Crippen LogP contribution is -2.10. The number of hydrogen-bond donors (Lipinski definition) is 1. The summed E-state index contributed by atoms with van der Waals surface area (Å²) in [4.78, 5) is 16.1. The number of ether oxygens (including phenoxy) is 2. The van der Waals surface area contributed by atoms with Crippen molar-refractivity contribution in [3.8, 4) is 22.9 Å². The highest BCUT2D eigenvalue weighted by Gasteiger charge is 2.16. The number of unbranched alkanes of at least 4 members (excludes halogenated alkanes) is 3. The molecule has 0 atom stereocenters. The molecule has 0 aliphatic rings. The fraction of sp³-hybridized carbons (Fsp3) is 0.364. The maximum absolute atomic E-state index is 11.4. The molecule has 0 bridgehead atoms. The molecule has 148 valence electrons. The van der Waals surface area contributed by atoms with Crippen molar-refractivity contribution in [2.24, 2.45) is 0 Å². The normalized spacial score (nSPS) is 10.9. The van der Waals surface area contributed by atoms with Gasteiger partial charge in [-0.2, -0.15) is 0 Å². The zero-order valence-electron chi connectivity index (χ0n) is 16.4. The minimum absolute atomic E-state index is 0.158. The second-order valence-electron chi connectivity index (χ2n) is 6.68. The minimum Gasteiger partial charge on any atom is -0.493 e. The summed E-state index contributed by atoms with van der Waals surface area (Å²) >= 11 is 0. The van der Waals surface area contributed by atoms with Crippen molar-refractivity contribution >= 4 is 17.0 Å². The van der Waals surface area contributed by atoms with Crippen molar-refractivity contribution in [1.82, 2.24) is 9.55 Å². The zero-order valence-corrected chi connectivity index (χ0v) is 16.4. The van der Waals surface area contributed by atoms with Crippen LogP contribution in [-0.4, -0.2) is 34.3 Å². The van der Waals surface area contributed by atoms with E-state index in [9.17, 15) is 9.90 Å². The zero-order chi connectivity index (χ0) is 19.9. The summed E-state index contributed by atoms with van der Waals surface area (Å²) in [6, 6.07) is 13.1.